The molecule has 0 saturated carbocycles. The highest BCUT2D eigenvalue weighted by Crippen LogP contribution is 2.32. The molecule has 0 N–H and O–H groups in total. The van der Waals surface area contributed by atoms with Gasteiger partial charge < -0.3 is 14.0 Å². The Morgan fingerprint density at radius 1 is 1.06 bits per heavy atom. The van der Waals surface area contributed by atoms with Gasteiger partial charge in [-0.1, -0.05) is 29.4 Å². The van der Waals surface area contributed by atoms with Gasteiger partial charge in [-0.3, -0.25) is 9.88 Å². The highest BCUT2D eigenvalue weighted by Gasteiger charge is 2.26. The summed E-state index contributed by atoms with van der Waals surface area (Å²) in [4.78, 5) is 11.1. The van der Waals surface area contributed by atoms with E-state index in [1.54, 1.807) is 12.4 Å². The Morgan fingerprint density at radius 3 is 2.91 bits per heavy atom. The Kier molecular flexibility index (Phi) is 5.24. The summed E-state index contributed by atoms with van der Waals surface area (Å²) in [6.45, 7) is 3.61. The van der Waals surface area contributed by atoms with E-state index in [4.69, 9.17) is 14.0 Å². The van der Waals surface area contributed by atoms with Crippen LogP contribution in [0.1, 0.15) is 17.5 Å². The number of fused-ring (bicyclic) bond motifs is 1. The Bertz CT molecular complexity index is 1260. The summed E-state index contributed by atoms with van der Waals surface area (Å²) in [5, 5.41) is 4.13. The van der Waals surface area contributed by atoms with Crippen LogP contribution < -0.4 is 9.47 Å². The van der Waals surface area contributed by atoms with Crippen molar-refractivity contribution in [1.29, 1.82) is 0 Å². The third kappa shape index (κ3) is 4.19. The zero-order valence-electron chi connectivity index (χ0n) is 18.2. The molecular formula is C26H24N4O3. The minimum Gasteiger partial charge on any atom is -0.493 e. The molecule has 0 aliphatic carbocycles. The van der Waals surface area contributed by atoms with Gasteiger partial charge in [0.25, 0.3) is 5.89 Å². The molecule has 0 spiro atoms. The summed E-state index contributed by atoms with van der Waals surface area (Å²) in [7, 11) is 0. The van der Waals surface area contributed by atoms with Crippen LogP contribution in [0.2, 0.25) is 0 Å². The average molecular weight is 441 g/mol. The summed E-state index contributed by atoms with van der Waals surface area (Å²) in [6.07, 6.45) is 5.53. The molecular weight excluding hydrogens is 416 g/mol. The molecule has 7 nitrogen and oxygen atoms in total. The summed E-state index contributed by atoms with van der Waals surface area (Å²) < 4.78 is 17.6. The van der Waals surface area contributed by atoms with Crippen molar-refractivity contribution in [2.45, 2.75) is 25.5 Å². The topological polar surface area (TPSA) is 73.5 Å². The Labute approximate surface area is 192 Å². The first-order valence-electron chi connectivity index (χ1n) is 11.3. The monoisotopic (exact) mass is 440 g/mol. The third-order valence-corrected chi connectivity index (χ3v) is 6.16. The maximum Gasteiger partial charge on any atom is 0.262 e. The number of para-hydroxylation sites is 1. The van der Waals surface area contributed by atoms with Gasteiger partial charge >= 0.3 is 0 Å². The predicted octanol–water partition coefficient (Wildman–Crippen LogP) is 4.39. The van der Waals surface area contributed by atoms with Gasteiger partial charge in [0.05, 0.1) is 12.2 Å². The molecule has 6 rings (SSSR count). The lowest BCUT2D eigenvalue weighted by Crippen LogP contribution is -2.24. The standard InChI is InChI=1S/C26H24N4O3/c1-2-4-24(22(3-1)26-28-25(29-33-26)19-7-11-27-12-8-19)32-21-9-13-30(17-21)16-18-5-6-23-20(15-18)10-14-31-23/h1-8,11-12,15,21H,9-10,13-14,16-17H2/t21-/m0/s1. The third-order valence-electron chi connectivity index (χ3n) is 6.16. The molecule has 0 amide bonds. The first-order chi connectivity index (χ1) is 16.3. The van der Waals surface area contributed by atoms with Gasteiger partial charge in [-0.05, 0) is 47.9 Å². The molecule has 2 aromatic carbocycles. The van der Waals surface area contributed by atoms with E-state index in [9.17, 15) is 0 Å². The van der Waals surface area contributed by atoms with Crippen LogP contribution in [0.15, 0.2) is 71.5 Å². The SMILES string of the molecule is c1ccc(-c2nc(-c3ccncc3)no2)c(O[C@H]2CCN(Cc3ccc4c(c3)CCO4)C2)c1. The lowest BCUT2D eigenvalue weighted by molar-refractivity contribution is 0.198. The van der Waals surface area contributed by atoms with Crippen LogP contribution in [0.3, 0.4) is 0 Å². The van der Waals surface area contributed by atoms with Crippen LogP contribution in [0.4, 0.5) is 0 Å². The molecule has 1 fully saturated rings. The molecule has 0 unspecified atom stereocenters. The molecule has 1 atom stereocenters. The van der Waals surface area contributed by atoms with Crippen molar-refractivity contribution in [3.05, 3.63) is 78.1 Å². The summed E-state index contributed by atoms with van der Waals surface area (Å²) in [5.41, 5.74) is 4.32. The van der Waals surface area contributed by atoms with Gasteiger partial charge in [0.1, 0.15) is 17.6 Å². The van der Waals surface area contributed by atoms with E-state index >= 15 is 0 Å². The Hall–Kier alpha value is -3.71. The van der Waals surface area contributed by atoms with Crippen molar-refractivity contribution in [1.82, 2.24) is 20.0 Å². The van der Waals surface area contributed by atoms with Gasteiger partial charge in [0.15, 0.2) is 0 Å². The van der Waals surface area contributed by atoms with Crippen LogP contribution >= 0.6 is 0 Å². The van der Waals surface area contributed by atoms with Crippen LogP contribution in [-0.4, -0.2) is 45.8 Å². The van der Waals surface area contributed by atoms with Crippen LogP contribution in [0, 0.1) is 0 Å². The second-order valence-corrected chi connectivity index (χ2v) is 8.46. The van der Waals surface area contributed by atoms with E-state index in [1.807, 2.05) is 36.4 Å². The molecule has 1 saturated heterocycles. The van der Waals surface area contributed by atoms with Gasteiger partial charge in [-0.2, -0.15) is 4.98 Å². The van der Waals surface area contributed by atoms with E-state index in [0.717, 1.165) is 61.7 Å². The summed E-state index contributed by atoms with van der Waals surface area (Å²) >= 11 is 0. The Balaban J connectivity index is 1.14. The molecule has 4 aromatic rings. The maximum absolute atomic E-state index is 6.42. The van der Waals surface area contributed by atoms with Gasteiger partial charge in [0.2, 0.25) is 5.82 Å². The zero-order chi connectivity index (χ0) is 22.0. The second kappa shape index (κ2) is 8.67. The van der Waals surface area contributed by atoms with Gasteiger partial charge in [-0.15, -0.1) is 0 Å². The number of rotatable bonds is 6. The number of nitrogens with zero attached hydrogens (tertiary/aromatic N) is 4. The minimum atomic E-state index is 0.117. The van der Waals surface area contributed by atoms with Crippen molar-refractivity contribution < 1.29 is 14.0 Å². The number of aromatic nitrogens is 3. The van der Waals surface area contributed by atoms with Crippen LogP contribution in [-0.2, 0) is 13.0 Å². The average Bonchev–Trinajstić information content (AvgIpc) is 3.61. The predicted molar refractivity (Wildman–Crippen MR) is 123 cm³/mol. The highest BCUT2D eigenvalue weighted by atomic mass is 16.5. The fourth-order valence-electron chi connectivity index (χ4n) is 4.51. The number of benzene rings is 2. The minimum absolute atomic E-state index is 0.117. The van der Waals surface area contributed by atoms with E-state index < -0.39 is 0 Å². The van der Waals surface area contributed by atoms with Crippen molar-refractivity contribution >= 4 is 0 Å². The van der Waals surface area contributed by atoms with Crippen molar-refractivity contribution in [2.24, 2.45) is 0 Å². The molecule has 0 radical (unpaired) electrons. The molecule has 7 heteroatoms. The van der Waals surface area contributed by atoms with Gasteiger partial charge in [0, 0.05) is 44.0 Å². The summed E-state index contributed by atoms with van der Waals surface area (Å²) in [6, 6.07) is 18.1. The number of hydrogen-bond acceptors (Lipinski definition) is 7. The first-order valence-corrected chi connectivity index (χ1v) is 11.3. The molecule has 4 heterocycles. The number of likely N-dealkylation sites (tertiary alicyclic amines) is 1. The molecule has 33 heavy (non-hydrogen) atoms. The number of ether oxygens (including phenoxy) is 2. The zero-order valence-corrected chi connectivity index (χ0v) is 18.2. The van der Waals surface area contributed by atoms with E-state index in [1.165, 1.54) is 11.1 Å². The van der Waals surface area contributed by atoms with Crippen molar-refractivity contribution in [2.75, 3.05) is 19.7 Å². The fourth-order valence-corrected chi connectivity index (χ4v) is 4.51. The molecule has 166 valence electrons. The van der Waals surface area contributed by atoms with Crippen LogP contribution in [0.25, 0.3) is 22.8 Å². The van der Waals surface area contributed by atoms with E-state index in [2.05, 4.69) is 38.2 Å². The normalized spacial score (nSPS) is 17.6. The maximum atomic E-state index is 6.42. The van der Waals surface area contributed by atoms with E-state index in [-0.39, 0.29) is 6.10 Å². The lowest BCUT2D eigenvalue weighted by atomic mass is 10.1. The fraction of sp³-hybridized carbons (Fsp3) is 0.269. The Morgan fingerprint density at radius 2 is 1.97 bits per heavy atom. The number of hydrogen-bond donors (Lipinski definition) is 0. The van der Waals surface area contributed by atoms with Crippen molar-refractivity contribution in [3.8, 4) is 34.3 Å². The smallest absolute Gasteiger partial charge is 0.262 e. The molecule has 0 bridgehead atoms. The molecule has 2 aliphatic heterocycles. The van der Waals surface area contributed by atoms with E-state index in [0.29, 0.717) is 11.7 Å². The lowest BCUT2D eigenvalue weighted by Gasteiger charge is -2.18. The summed E-state index contributed by atoms with van der Waals surface area (Å²) in [5.74, 6) is 2.79. The second-order valence-electron chi connectivity index (χ2n) is 8.46. The molecule has 2 aliphatic rings. The quantitative estimate of drug-likeness (QED) is 0.440. The van der Waals surface area contributed by atoms with Crippen LogP contribution in [0.5, 0.6) is 11.5 Å². The number of pyridine rings is 1. The highest BCUT2D eigenvalue weighted by molar-refractivity contribution is 5.65. The van der Waals surface area contributed by atoms with Gasteiger partial charge in [-0.25, -0.2) is 0 Å². The molecule has 2 aromatic heterocycles. The first kappa shape index (κ1) is 19.9. The van der Waals surface area contributed by atoms with Crippen molar-refractivity contribution in [3.63, 3.8) is 0 Å². The largest absolute Gasteiger partial charge is 0.493 e.